The van der Waals surface area contributed by atoms with E-state index in [9.17, 15) is 5.11 Å². The van der Waals surface area contributed by atoms with Crippen LogP contribution in [0, 0.1) is 0 Å². The van der Waals surface area contributed by atoms with Gasteiger partial charge in [0, 0.05) is 0 Å². The van der Waals surface area contributed by atoms with Crippen LogP contribution in [0.3, 0.4) is 0 Å². The van der Waals surface area contributed by atoms with Crippen LogP contribution in [0.5, 0.6) is 0 Å². The molecule has 3 heterocycles. The molecule has 4 bridgehead atoms. The average molecular weight is 248 g/mol. The molecule has 1 aromatic rings. The summed E-state index contributed by atoms with van der Waals surface area (Å²) >= 11 is 0. The Morgan fingerprint density at radius 3 is 2.72 bits per heavy atom. The first-order chi connectivity index (χ1) is 8.83. The normalized spacial score (nSPS) is 42.1. The highest BCUT2D eigenvalue weighted by Crippen LogP contribution is 2.35. The Kier molecular flexibility index (Phi) is 2.46. The molecule has 3 fully saturated rings. The number of hydrogen-bond acceptors (Lipinski definition) is 5. The van der Waals surface area contributed by atoms with Crippen LogP contribution < -0.4 is 5.46 Å². The van der Waals surface area contributed by atoms with Crippen LogP contribution in [0.25, 0.3) is 0 Å². The number of aliphatic hydroxyl groups excluding tert-OH is 1. The van der Waals surface area contributed by atoms with Crippen molar-refractivity contribution in [3.05, 3.63) is 30.3 Å². The van der Waals surface area contributed by atoms with Crippen molar-refractivity contribution < 1.29 is 23.9 Å². The number of ether oxygens (including phenoxy) is 2. The van der Waals surface area contributed by atoms with E-state index in [0.717, 1.165) is 5.46 Å². The molecule has 6 heteroatoms. The molecule has 5 atom stereocenters. The predicted molar refractivity (Wildman–Crippen MR) is 62.2 cm³/mol. The molecule has 3 saturated heterocycles. The van der Waals surface area contributed by atoms with E-state index in [1.807, 2.05) is 30.3 Å². The number of aliphatic hydroxyl groups is 1. The van der Waals surface area contributed by atoms with Gasteiger partial charge in [0.05, 0.1) is 6.61 Å². The molecule has 0 amide bonds. The molecule has 3 aliphatic heterocycles. The van der Waals surface area contributed by atoms with E-state index in [1.165, 1.54) is 0 Å². The molecule has 1 N–H and O–H groups in total. The summed E-state index contributed by atoms with van der Waals surface area (Å²) in [7, 11) is -0.458. The van der Waals surface area contributed by atoms with Crippen LogP contribution in [-0.2, 0) is 18.8 Å². The first-order valence-corrected chi connectivity index (χ1v) is 6.14. The fourth-order valence-corrected chi connectivity index (χ4v) is 2.75. The van der Waals surface area contributed by atoms with Gasteiger partial charge >= 0.3 is 7.12 Å². The van der Waals surface area contributed by atoms with Gasteiger partial charge in [-0.05, 0) is 5.46 Å². The van der Waals surface area contributed by atoms with Gasteiger partial charge in [-0.25, -0.2) is 0 Å². The molecule has 0 spiro atoms. The molecule has 0 radical (unpaired) electrons. The van der Waals surface area contributed by atoms with Crippen molar-refractivity contribution in [2.45, 2.75) is 30.7 Å². The third-order valence-electron chi connectivity index (χ3n) is 3.67. The first kappa shape index (κ1) is 11.0. The second-order valence-corrected chi connectivity index (χ2v) is 4.81. The van der Waals surface area contributed by atoms with E-state index in [2.05, 4.69) is 0 Å². The summed E-state index contributed by atoms with van der Waals surface area (Å²) in [5.41, 5.74) is 0.945. The number of hydrogen-bond donors (Lipinski definition) is 1. The van der Waals surface area contributed by atoms with E-state index in [-0.39, 0.29) is 12.2 Å². The summed E-state index contributed by atoms with van der Waals surface area (Å²) in [6.45, 7) is 0.452. The highest BCUT2D eigenvalue weighted by atomic mass is 16.8. The largest absolute Gasteiger partial charge is 0.494 e. The minimum absolute atomic E-state index is 0.198. The first-order valence-electron chi connectivity index (χ1n) is 6.14. The second-order valence-electron chi connectivity index (χ2n) is 4.81. The minimum Gasteiger partial charge on any atom is -0.399 e. The zero-order valence-electron chi connectivity index (χ0n) is 9.64. The molecule has 4 rings (SSSR count). The van der Waals surface area contributed by atoms with E-state index in [4.69, 9.17) is 18.8 Å². The molecule has 0 aliphatic carbocycles. The van der Waals surface area contributed by atoms with Crippen molar-refractivity contribution in [1.29, 1.82) is 0 Å². The fourth-order valence-electron chi connectivity index (χ4n) is 2.75. The Bertz CT molecular complexity index is 421. The summed E-state index contributed by atoms with van der Waals surface area (Å²) in [6, 6.07) is 9.70. The number of rotatable bonds is 1. The zero-order chi connectivity index (χ0) is 12.1. The molecule has 2 unspecified atom stereocenters. The predicted octanol–water partition coefficient (Wildman–Crippen LogP) is -0.718. The molecule has 0 saturated carbocycles. The van der Waals surface area contributed by atoms with Gasteiger partial charge in [0.2, 0.25) is 0 Å². The Morgan fingerprint density at radius 2 is 1.89 bits per heavy atom. The standard InChI is InChI=1S/C12H13BO5/c14-9-10-8-6-15-12(16-8)11(9)18-13(17-10)7-4-2-1-3-5-7/h1-5,8-12,14H,6H2/t8-,9+,10?,11?,12-/m1/s1. The lowest BCUT2D eigenvalue weighted by Crippen LogP contribution is -2.65. The van der Waals surface area contributed by atoms with Gasteiger partial charge in [-0.15, -0.1) is 0 Å². The van der Waals surface area contributed by atoms with E-state index in [1.54, 1.807) is 0 Å². The molecule has 0 aromatic heterocycles. The van der Waals surface area contributed by atoms with Crippen molar-refractivity contribution in [2.75, 3.05) is 6.61 Å². The summed E-state index contributed by atoms with van der Waals surface area (Å²) in [4.78, 5) is 0. The number of fused-ring (bicyclic) bond motifs is 6. The number of benzene rings is 1. The Labute approximate surface area is 105 Å². The maximum absolute atomic E-state index is 10.1. The molecule has 5 nitrogen and oxygen atoms in total. The van der Waals surface area contributed by atoms with Crippen molar-refractivity contribution in [3.63, 3.8) is 0 Å². The maximum Gasteiger partial charge on any atom is 0.494 e. The Hall–Kier alpha value is -0.915. The van der Waals surface area contributed by atoms with E-state index >= 15 is 0 Å². The van der Waals surface area contributed by atoms with Crippen LogP contribution in [0.15, 0.2) is 30.3 Å². The van der Waals surface area contributed by atoms with Crippen LogP contribution in [-0.4, -0.2) is 49.5 Å². The lowest BCUT2D eigenvalue weighted by molar-refractivity contribution is -0.243. The summed E-state index contributed by atoms with van der Waals surface area (Å²) < 4.78 is 22.6. The van der Waals surface area contributed by atoms with Gasteiger partial charge in [0.1, 0.15) is 24.4 Å². The minimum atomic E-state index is -0.684. The van der Waals surface area contributed by atoms with Gasteiger partial charge in [-0.2, -0.15) is 0 Å². The summed E-state index contributed by atoms with van der Waals surface area (Å²) in [6.07, 6.45) is -2.22. The molecular formula is C12H13BO5. The van der Waals surface area contributed by atoms with Gasteiger partial charge in [-0.3, -0.25) is 0 Å². The lowest BCUT2D eigenvalue weighted by atomic mass is 9.75. The Balaban J connectivity index is 1.64. The summed E-state index contributed by atoms with van der Waals surface area (Å²) in [5.74, 6) is 0. The quantitative estimate of drug-likeness (QED) is 0.665. The molecule has 3 aliphatic rings. The SMILES string of the molecule is O[C@@H]1C2OB(c3ccccc3)OC1[C@H]1CO[C@@H]2O1. The fraction of sp³-hybridized carbons (Fsp3) is 0.500. The van der Waals surface area contributed by atoms with Gasteiger partial charge in [-0.1, -0.05) is 30.3 Å². The molecule has 18 heavy (non-hydrogen) atoms. The van der Waals surface area contributed by atoms with Crippen molar-refractivity contribution >= 4 is 12.6 Å². The zero-order valence-corrected chi connectivity index (χ0v) is 9.64. The molecule has 1 aromatic carbocycles. The highest BCUT2D eigenvalue weighted by Gasteiger charge is 2.56. The van der Waals surface area contributed by atoms with Crippen molar-refractivity contribution in [1.82, 2.24) is 0 Å². The van der Waals surface area contributed by atoms with E-state index < -0.39 is 25.6 Å². The van der Waals surface area contributed by atoms with Gasteiger partial charge in [0.25, 0.3) is 0 Å². The van der Waals surface area contributed by atoms with Crippen LogP contribution in [0.2, 0.25) is 0 Å². The topological polar surface area (TPSA) is 57.2 Å². The molecular weight excluding hydrogens is 235 g/mol. The second kappa shape index (κ2) is 4.04. The summed E-state index contributed by atoms with van der Waals surface area (Å²) in [5, 5.41) is 10.1. The van der Waals surface area contributed by atoms with Crippen LogP contribution in [0.4, 0.5) is 0 Å². The smallest absolute Gasteiger partial charge is 0.399 e. The van der Waals surface area contributed by atoms with Gasteiger partial charge < -0.3 is 23.9 Å². The van der Waals surface area contributed by atoms with E-state index in [0.29, 0.717) is 6.61 Å². The average Bonchev–Trinajstić information content (AvgIpc) is 2.85. The van der Waals surface area contributed by atoms with Crippen LogP contribution in [0.1, 0.15) is 0 Å². The van der Waals surface area contributed by atoms with Gasteiger partial charge in [0.15, 0.2) is 6.29 Å². The van der Waals surface area contributed by atoms with Crippen molar-refractivity contribution in [2.24, 2.45) is 0 Å². The van der Waals surface area contributed by atoms with Crippen molar-refractivity contribution in [3.8, 4) is 0 Å². The monoisotopic (exact) mass is 248 g/mol. The maximum atomic E-state index is 10.1. The third kappa shape index (κ3) is 1.54. The third-order valence-corrected chi connectivity index (χ3v) is 3.67. The Morgan fingerprint density at radius 1 is 1.11 bits per heavy atom. The molecule has 94 valence electrons. The lowest BCUT2D eigenvalue weighted by Gasteiger charge is -2.44. The van der Waals surface area contributed by atoms with Crippen LogP contribution >= 0.6 is 0 Å². The highest BCUT2D eigenvalue weighted by molar-refractivity contribution is 6.61.